The van der Waals surface area contributed by atoms with E-state index in [1.54, 1.807) is 7.05 Å². The largest absolute Gasteiger partial charge is 0.381 e. The first-order valence-corrected chi connectivity index (χ1v) is 8.33. The molecule has 1 aliphatic rings. The van der Waals surface area contributed by atoms with Crippen LogP contribution >= 0.6 is 15.9 Å². The van der Waals surface area contributed by atoms with E-state index < -0.39 is 10.0 Å². The maximum atomic E-state index is 12.6. The van der Waals surface area contributed by atoms with Gasteiger partial charge in [-0.15, -0.1) is 5.10 Å². The molecule has 19 heavy (non-hydrogen) atoms. The summed E-state index contributed by atoms with van der Waals surface area (Å²) in [6.07, 6.45) is 0.900. The molecule has 1 aliphatic heterocycles. The topological polar surface area (TPSA) is 77.3 Å². The van der Waals surface area contributed by atoms with E-state index in [-0.39, 0.29) is 15.5 Å². The molecule has 0 saturated carbocycles. The van der Waals surface area contributed by atoms with E-state index in [1.807, 2.05) is 6.92 Å². The number of ether oxygens (including phenoxy) is 1. The molecular weight excluding hydrogens is 336 g/mol. The van der Waals surface area contributed by atoms with Crippen molar-refractivity contribution in [1.29, 1.82) is 0 Å². The Labute approximate surface area is 121 Å². The second-order valence-corrected chi connectivity index (χ2v) is 7.10. The quantitative estimate of drug-likeness (QED) is 0.776. The normalized spacial score (nSPS) is 20.3. The minimum Gasteiger partial charge on any atom is -0.381 e. The number of hydrogen-bond donors (Lipinski definition) is 0. The summed E-state index contributed by atoms with van der Waals surface area (Å²) in [5.41, 5.74) is 0. The predicted octanol–water partition coefficient (Wildman–Crippen LogP) is 0.625. The van der Waals surface area contributed by atoms with Crippen LogP contribution in [0.15, 0.2) is 9.63 Å². The molecule has 1 aromatic heterocycles. The molecule has 1 saturated heterocycles. The summed E-state index contributed by atoms with van der Waals surface area (Å²) in [5.74, 6) is 0.259. The first-order chi connectivity index (χ1) is 8.96. The summed E-state index contributed by atoms with van der Waals surface area (Å²) in [5, 5.41) is 7.54. The lowest BCUT2D eigenvalue weighted by Gasteiger charge is -2.22. The van der Waals surface area contributed by atoms with Gasteiger partial charge in [0.1, 0.15) is 0 Å². The Bertz CT molecular complexity index is 519. The Morgan fingerprint density at radius 3 is 2.79 bits per heavy atom. The summed E-state index contributed by atoms with van der Waals surface area (Å²) in [4.78, 5) is 0. The molecule has 0 radical (unpaired) electrons. The van der Waals surface area contributed by atoms with Gasteiger partial charge in [0.15, 0.2) is 4.60 Å². The Morgan fingerprint density at radius 2 is 2.32 bits per heavy atom. The van der Waals surface area contributed by atoms with Crippen molar-refractivity contribution < 1.29 is 13.2 Å². The molecular formula is C10H17BrN4O3S. The molecule has 2 heterocycles. The van der Waals surface area contributed by atoms with Gasteiger partial charge in [0, 0.05) is 26.7 Å². The molecule has 0 spiro atoms. The third kappa shape index (κ3) is 2.99. The fraction of sp³-hybridized carbons (Fsp3) is 0.800. The minimum atomic E-state index is -3.59. The van der Waals surface area contributed by atoms with Gasteiger partial charge < -0.3 is 4.74 Å². The number of sulfonamides is 1. The van der Waals surface area contributed by atoms with Gasteiger partial charge in [-0.25, -0.2) is 13.1 Å². The standard InChI is InChI=1S/C10H17BrN4O3S/c1-3-15(6-8-4-5-18-7-8)19(16,17)10-9(11)12-13-14(10)2/h8H,3-7H2,1-2H3. The van der Waals surface area contributed by atoms with Crippen molar-refractivity contribution in [2.45, 2.75) is 18.4 Å². The van der Waals surface area contributed by atoms with Gasteiger partial charge in [-0.05, 0) is 28.3 Å². The number of halogens is 1. The minimum absolute atomic E-state index is 0.0910. The zero-order chi connectivity index (χ0) is 14.0. The first kappa shape index (κ1) is 14.9. The summed E-state index contributed by atoms with van der Waals surface area (Å²) in [6.45, 7) is 4.04. The number of nitrogens with zero attached hydrogens (tertiary/aromatic N) is 4. The van der Waals surface area contributed by atoms with Gasteiger partial charge in [0.25, 0.3) is 10.0 Å². The monoisotopic (exact) mass is 352 g/mol. The van der Waals surface area contributed by atoms with Crippen LogP contribution in [0.2, 0.25) is 0 Å². The predicted molar refractivity (Wildman–Crippen MR) is 72.1 cm³/mol. The third-order valence-electron chi connectivity index (χ3n) is 3.16. The number of hydrogen-bond acceptors (Lipinski definition) is 5. The van der Waals surface area contributed by atoms with Gasteiger partial charge in [-0.2, -0.15) is 4.31 Å². The smallest absolute Gasteiger partial charge is 0.263 e. The molecule has 0 N–H and O–H groups in total. The molecule has 0 aromatic carbocycles. The maximum absolute atomic E-state index is 12.6. The van der Waals surface area contributed by atoms with Crippen LogP contribution in [-0.4, -0.2) is 54.0 Å². The Hall–Kier alpha value is -0.510. The second kappa shape index (κ2) is 5.86. The van der Waals surface area contributed by atoms with Crippen LogP contribution < -0.4 is 0 Å². The summed E-state index contributed by atoms with van der Waals surface area (Å²) >= 11 is 3.14. The highest BCUT2D eigenvalue weighted by atomic mass is 79.9. The molecule has 0 aliphatic carbocycles. The Balaban J connectivity index is 2.25. The molecule has 7 nitrogen and oxygen atoms in total. The van der Waals surface area contributed by atoms with Crippen LogP contribution in [-0.2, 0) is 21.8 Å². The van der Waals surface area contributed by atoms with E-state index in [9.17, 15) is 8.42 Å². The SMILES string of the molecule is CCN(CC1CCOC1)S(=O)(=O)c1c(Br)nnn1C. The molecule has 1 unspecified atom stereocenters. The van der Waals surface area contributed by atoms with Crippen molar-refractivity contribution in [3.63, 3.8) is 0 Å². The van der Waals surface area contributed by atoms with Gasteiger partial charge in [-0.1, -0.05) is 12.1 Å². The van der Waals surface area contributed by atoms with Gasteiger partial charge in [-0.3, -0.25) is 0 Å². The zero-order valence-electron chi connectivity index (χ0n) is 10.9. The van der Waals surface area contributed by atoms with Crippen molar-refractivity contribution >= 4 is 26.0 Å². The average Bonchev–Trinajstić information content (AvgIpc) is 2.96. The lowest BCUT2D eigenvalue weighted by atomic mass is 10.1. The van der Waals surface area contributed by atoms with E-state index >= 15 is 0 Å². The van der Waals surface area contributed by atoms with Crippen LogP contribution in [0.5, 0.6) is 0 Å². The lowest BCUT2D eigenvalue weighted by Crippen LogP contribution is -2.36. The average molecular weight is 353 g/mol. The van der Waals surface area contributed by atoms with Crippen molar-refractivity contribution in [2.24, 2.45) is 13.0 Å². The van der Waals surface area contributed by atoms with Gasteiger partial charge in [0.05, 0.1) is 6.61 Å². The highest BCUT2D eigenvalue weighted by molar-refractivity contribution is 9.10. The molecule has 108 valence electrons. The highest BCUT2D eigenvalue weighted by Gasteiger charge is 2.32. The van der Waals surface area contributed by atoms with Crippen LogP contribution in [0.4, 0.5) is 0 Å². The van der Waals surface area contributed by atoms with Crippen molar-refractivity contribution in [2.75, 3.05) is 26.3 Å². The van der Waals surface area contributed by atoms with E-state index in [1.165, 1.54) is 8.99 Å². The zero-order valence-corrected chi connectivity index (χ0v) is 13.3. The molecule has 0 amide bonds. The molecule has 2 rings (SSSR count). The fourth-order valence-electron chi connectivity index (χ4n) is 2.13. The number of aromatic nitrogens is 3. The number of aryl methyl sites for hydroxylation is 1. The van der Waals surface area contributed by atoms with Crippen molar-refractivity contribution in [3.05, 3.63) is 4.60 Å². The van der Waals surface area contributed by atoms with E-state index in [0.29, 0.717) is 26.3 Å². The van der Waals surface area contributed by atoms with Gasteiger partial charge in [0.2, 0.25) is 5.03 Å². The van der Waals surface area contributed by atoms with Crippen LogP contribution in [0.1, 0.15) is 13.3 Å². The third-order valence-corrected chi connectivity index (χ3v) is 5.99. The molecule has 0 bridgehead atoms. The van der Waals surface area contributed by atoms with Gasteiger partial charge >= 0.3 is 0 Å². The van der Waals surface area contributed by atoms with E-state index in [4.69, 9.17) is 4.74 Å². The maximum Gasteiger partial charge on any atom is 0.263 e. The van der Waals surface area contributed by atoms with E-state index in [2.05, 4.69) is 26.2 Å². The molecule has 1 aromatic rings. The number of rotatable bonds is 5. The molecule has 1 atom stereocenters. The summed E-state index contributed by atoms with van der Waals surface area (Å²) in [7, 11) is -2.02. The molecule has 1 fully saturated rings. The lowest BCUT2D eigenvalue weighted by molar-refractivity contribution is 0.180. The van der Waals surface area contributed by atoms with Crippen molar-refractivity contribution in [3.8, 4) is 0 Å². The summed E-state index contributed by atoms with van der Waals surface area (Å²) < 4.78 is 33.5. The highest BCUT2D eigenvalue weighted by Crippen LogP contribution is 2.24. The fourth-order valence-corrected chi connectivity index (χ4v) is 4.69. The second-order valence-electron chi connectivity index (χ2n) is 4.49. The van der Waals surface area contributed by atoms with E-state index in [0.717, 1.165) is 6.42 Å². The van der Waals surface area contributed by atoms with Crippen molar-refractivity contribution in [1.82, 2.24) is 19.3 Å². The van der Waals surface area contributed by atoms with Crippen LogP contribution in [0.3, 0.4) is 0 Å². The summed E-state index contributed by atoms with van der Waals surface area (Å²) in [6, 6.07) is 0. The first-order valence-electron chi connectivity index (χ1n) is 6.10. The Morgan fingerprint density at radius 1 is 1.58 bits per heavy atom. The van der Waals surface area contributed by atoms with Crippen LogP contribution in [0.25, 0.3) is 0 Å². The Kier molecular flexibility index (Phi) is 4.59. The van der Waals surface area contributed by atoms with Crippen LogP contribution in [0, 0.1) is 5.92 Å². The molecule has 9 heteroatoms.